The SMILES string of the molecule is COc1ccc(CNCC(=O)N(C)C)c(F)c1. The predicted molar refractivity (Wildman–Crippen MR) is 63.4 cm³/mol. The summed E-state index contributed by atoms with van der Waals surface area (Å²) in [4.78, 5) is 12.8. The molecular formula is C12H17FN2O2. The number of carbonyl (C=O) groups excluding carboxylic acids is 1. The van der Waals surface area contributed by atoms with Gasteiger partial charge in [-0.25, -0.2) is 4.39 Å². The van der Waals surface area contributed by atoms with Crippen LogP contribution < -0.4 is 10.1 Å². The minimum atomic E-state index is -0.339. The summed E-state index contributed by atoms with van der Waals surface area (Å²) in [6.45, 7) is 0.508. The molecule has 0 aromatic heterocycles. The van der Waals surface area contributed by atoms with E-state index >= 15 is 0 Å². The Balaban J connectivity index is 2.50. The predicted octanol–water partition coefficient (Wildman–Crippen LogP) is 1.01. The zero-order valence-electron chi connectivity index (χ0n) is 10.3. The third-order valence-corrected chi connectivity index (χ3v) is 2.35. The van der Waals surface area contributed by atoms with Gasteiger partial charge in [0.2, 0.25) is 5.91 Å². The Morgan fingerprint density at radius 2 is 2.18 bits per heavy atom. The molecule has 0 fully saturated rings. The van der Waals surface area contributed by atoms with Gasteiger partial charge in [0.25, 0.3) is 0 Å². The lowest BCUT2D eigenvalue weighted by Gasteiger charge is -2.11. The number of benzene rings is 1. The number of hydrogen-bond acceptors (Lipinski definition) is 3. The summed E-state index contributed by atoms with van der Waals surface area (Å²) in [5.41, 5.74) is 0.511. The van der Waals surface area contributed by atoms with E-state index in [1.54, 1.807) is 26.2 Å². The van der Waals surface area contributed by atoms with Crippen molar-refractivity contribution in [2.75, 3.05) is 27.7 Å². The fourth-order valence-corrected chi connectivity index (χ4v) is 1.26. The van der Waals surface area contributed by atoms with Gasteiger partial charge in [-0.05, 0) is 6.07 Å². The van der Waals surface area contributed by atoms with Gasteiger partial charge >= 0.3 is 0 Å². The van der Waals surface area contributed by atoms with Crippen LogP contribution in [-0.4, -0.2) is 38.6 Å². The van der Waals surface area contributed by atoms with Crippen LogP contribution in [0.4, 0.5) is 4.39 Å². The molecule has 0 aliphatic heterocycles. The summed E-state index contributed by atoms with van der Waals surface area (Å²) >= 11 is 0. The van der Waals surface area contributed by atoms with Crippen molar-refractivity contribution in [1.29, 1.82) is 0 Å². The lowest BCUT2D eigenvalue weighted by atomic mass is 10.2. The second kappa shape index (κ2) is 6.20. The van der Waals surface area contributed by atoms with E-state index in [4.69, 9.17) is 4.74 Å². The normalized spacial score (nSPS) is 10.1. The smallest absolute Gasteiger partial charge is 0.236 e. The van der Waals surface area contributed by atoms with Crippen molar-refractivity contribution in [3.05, 3.63) is 29.6 Å². The maximum Gasteiger partial charge on any atom is 0.236 e. The summed E-state index contributed by atoms with van der Waals surface area (Å²) in [6, 6.07) is 4.65. The van der Waals surface area contributed by atoms with Crippen molar-refractivity contribution < 1.29 is 13.9 Å². The highest BCUT2D eigenvalue weighted by atomic mass is 19.1. The lowest BCUT2D eigenvalue weighted by Crippen LogP contribution is -2.32. The Morgan fingerprint density at radius 3 is 2.71 bits per heavy atom. The molecular weight excluding hydrogens is 223 g/mol. The molecule has 4 nitrogen and oxygen atoms in total. The van der Waals surface area contributed by atoms with Crippen molar-refractivity contribution in [1.82, 2.24) is 10.2 Å². The van der Waals surface area contributed by atoms with Crippen molar-refractivity contribution in [2.24, 2.45) is 0 Å². The first-order valence-corrected chi connectivity index (χ1v) is 5.28. The molecule has 1 rings (SSSR count). The third kappa shape index (κ3) is 4.03. The van der Waals surface area contributed by atoms with Gasteiger partial charge in [0.1, 0.15) is 11.6 Å². The molecule has 0 aliphatic rings. The largest absolute Gasteiger partial charge is 0.497 e. The van der Waals surface area contributed by atoms with Gasteiger partial charge in [0.05, 0.1) is 13.7 Å². The van der Waals surface area contributed by atoms with Crippen LogP contribution in [0.3, 0.4) is 0 Å². The number of likely N-dealkylation sites (N-methyl/N-ethyl adjacent to an activating group) is 1. The van der Waals surface area contributed by atoms with Crippen LogP contribution in [-0.2, 0) is 11.3 Å². The van der Waals surface area contributed by atoms with Crippen LogP contribution in [0.5, 0.6) is 5.75 Å². The third-order valence-electron chi connectivity index (χ3n) is 2.35. The number of rotatable bonds is 5. The fraction of sp³-hybridized carbons (Fsp3) is 0.417. The van der Waals surface area contributed by atoms with Gasteiger partial charge < -0.3 is 15.0 Å². The molecule has 1 N–H and O–H groups in total. The van der Waals surface area contributed by atoms with E-state index in [9.17, 15) is 9.18 Å². The van der Waals surface area contributed by atoms with Gasteiger partial charge in [-0.15, -0.1) is 0 Å². The first-order valence-electron chi connectivity index (χ1n) is 5.28. The zero-order chi connectivity index (χ0) is 12.8. The number of carbonyl (C=O) groups is 1. The first kappa shape index (κ1) is 13.4. The second-order valence-electron chi connectivity index (χ2n) is 3.85. The quantitative estimate of drug-likeness (QED) is 0.835. The number of halogens is 1. The molecule has 0 bridgehead atoms. The lowest BCUT2D eigenvalue weighted by molar-refractivity contribution is -0.127. The standard InChI is InChI=1S/C12H17FN2O2/c1-15(2)12(16)8-14-7-9-4-5-10(17-3)6-11(9)13/h4-6,14H,7-8H2,1-3H3. The van der Waals surface area contributed by atoms with Gasteiger partial charge in [0, 0.05) is 32.3 Å². The molecule has 0 radical (unpaired) electrons. The Kier molecular flexibility index (Phi) is 4.90. The molecule has 17 heavy (non-hydrogen) atoms. The molecule has 5 heteroatoms. The minimum absolute atomic E-state index is 0.0427. The minimum Gasteiger partial charge on any atom is -0.497 e. The topological polar surface area (TPSA) is 41.6 Å². The highest BCUT2D eigenvalue weighted by molar-refractivity contribution is 5.77. The first-order chi connectivity index (χ1) is 8.04. The van der Waals surface area contributed by atoms with Crippen LogP contribution in [0.2, 0.25) is 0 Å². The number of amides is 1. The highest BCUT2D eigenvalue weighted by Crippen LogP contribution is 2.15. The molecule has 0 atom stereocenters. The van der Waals surface area contributed by atoms with Crippen molar-refractivity contribution in [3.63, 3.8) is 0 Å². The van der Waals surface area contributed by atoms with Crippen LogP contribution in [0.15, 0.2) is 18.2 Å². The summed E-state index contributed by atoms with van der Waals surface area (Å²) in [7, 11) is 4.85. The molecule has 0 unspecified atom stereocenters. The number of nitrogens with one attached hydrogen (secondary N) is 1. The zero-order valence-corrected chi connectivity index (χ0v) is 10.3. The van der Waals surface area contributed by atoms with E-state index in [2.05, 4.69) is 5.32 Å². The molecule has 0 saturated carbocycles. The van der Waals surface area contributed by atoms with Gasteiger partial charge in [-0.2, -0.15) is 0 Å². The summed E-state index contributed by atoms with van der Waals surface area (Å²) in [5.74, 6) is 0.101. The summed E-state index contributed by atoms with van der Waals surface area (Å²) in [6.07, 6.45) is 0. The Morgan fingerprint density at radius 1 is 1.47 bits per heavy atom. The van der Waals surface area contributed by atoms with Crippen LogP contribution in [0, 0.1) is 5.82 Å². The van der Waals surface area contributed by atoms with E-state index in [1.807, 2.05) is 0 Å². The van der Waals surface area contributed by atoms with E-state index in [1.165, 1.54) is 18.1 Å². The molecule has 0 saturated heterocycles. The molecule has 94 valence electrons. The van der Waals surface area contributed by atoms with Crippen molar-refractivity contribution in [2.45, 2.75) is 6.54 Å². The van der Waals surface area contributed by atoms with Crippen LogP contribution >= 0.6 is 0 Å². The van der Waals surface area contributed by atoms with E-state index in [0.29, 0.717) is 17.9 Å². The maximum atomic E-state index is 13.5. The molecule has 0 heterocycles. The van der Waals surface area contributed by atoms with Crippen molar-refractivity contribution >= 4 is 5.91 Å². The maximum absolute atomic E-state index is 13.5. The van der Waals surface area contributed by atoms with Crippen LogP contribution in [0.25, 0.3) is 0 Å². The Bertz CT molecular complexity index is 394. The molecule has 0 aliphatic carbocycles. The van der Waals surface area contributed by atoms with Crippen molar-refractivity contribution in [3.8, 4) is 5.75 Å². The number of nitrogens with zero attached hydrogens (tertiary/aromatic N) is 1. The van der Waals surface area contributed by atoms with E-state index < -0.39 is 0 Å². The number of hydrogen-bond donors (Lipinski definition) is 1. The molecule has 1 aromatic rings. The monoisotopic (exact) mass is 240 g/mol. The van der Waals surface area contributed by atoms with Crippen LogP contribution in [0.1, 0.15) is 5.56 Å². The van der Waals surface area contributed by atoms with Gasteiger partial charge in [-0.1, -0.05) is 6.07 Å². The van der Waals surface area contributed by atoms with E-state index in [-0.39, 0.29) is 18.3 Å². The fourth-order valence-electron chi connectivity index (χ4n) is 1.26. The summed E-state index contributed by atoms with van der Waals surface area (Å²) < 4.78 is 18.4. The highest BCUT2D eigenvalue weighted by Gasteiger charge is 2.06. The summed E-state index contributed by atoms with van der Waals surface area (Å²) in [5, 5.41) is 2.89. The number of ether oxygens (including phenoxy) is 1. The Labute approximate surface area is 100 Å². The average Bonchev–Trinajstić information content (AvgIpc) is 2.30. The Hall–Kier alpha value is -1.62. The molecule has 1 aromatic carbocycles. The average molecular weight is 240 g/mol. The van der Waals surface area contributed by atoms with E-state index in [0.717, 1.165) is 0 Å². The number of methoxy groups -OCH3 is 1. The molecule has 0 spiro atoms. The second-order valence-corrected chi connectivity index (χ2v) is 3.85. The van der Waals surface area contributed by atoms with Gasteiger partial charge in [0.15, 0.2) is 0 Å². The van der Waals surface area contributed by atoms with Gasteiger partial charge in [-0.3, -0.25) is 4.79 Å². The molecule has 1 amide bonds.